The first kappa shape index (κ1) is 20.0. The molecule has 0 unspecified atom stereocenters. The van der Waals surface area contributed by atoms with Crippen molar-refractivity contribution < 1.29 is 9.21 Å². The lowest BCUT2D eigenvalue weighted by Crippen LogP contribution is -2.27. The molecule has 1 amide bonds. The highest BCUT2D eigenvalue weighted by Gasteiger charge is 2.17. The van der Waals surface area contributed by atoms with Gasteiger partial charge in [-0.3, -0.25) is 9.36 Å². The van der Waals surface area contributed by atoms with Crippen LogP contribution in [0.1, 0.15) is 11.1 Å². The SMILES string of the molecule is O=C(CSc1nnc(-c2ccco2)n1Cc1ccccc1)NCCc1ccccc1. The molecule has 4 aromatic rings. The summed E-state index contributed by atoms with van der Waals surface area (Å²) >= 11 is 1.37. The molecular formula is C23H22N4O2S. The Morgan fingerprint density at radius 2 is 1.67 bits per heavy atom. The van der Waals surface area contributed by atoms with Gasteiger partial charge < -0.3 is 9.73 Å². The first-order valence-corrected chi connectivity index (χ1v) is 10.7. The van der Waals surface area contributed by atoms with Gasteiger partial charge in [-0.1, -0.05) is 72.4 Å². The second-order valence-electron chi connectivity index (χ2n) is 6.73. The summed E-state index contributed by atoms with van der Waals surface area (Å²) in [6.45, 7) is 1.21. The Morgan fingerprint density at radius 1 is 0.933 bits per heavy atom. The van der Waals surface area contributed by atoms with Crippen LogP contribution < -0.4 is 5.32 Å². The summed E-state index contributed by atoms with van der Waals surface area (Å²) in [7, 11) is 0. The summed E-state index contributed by atoms with van der Waals surface area (Å²) < 4.78 is 7.50. The Kier molecular flexibility index (Phi) is 6.61. The molecule has 7 heteroatoms. The minimum absolute atomic E-state index is 0.0234. The van der Waals surface area contributed by atoms with E-state index in [0.29, 0.717) is 29.8 Å². The van der Waals surface area contributed by atoms with E-state index in [-0.39, 0.29) is 11.7 Å². The largest absolute Gasteiger partial charge is 0.461 e. The van der Waals surface area contributed by atoms with Crippen LogP contribution in [0.25, 0.3) is 11.6 Å². The predicted molar refractivity (Wildman–Crippen MR) is 117 cm³/mol. The van der Waals surface area contributed by atoms with Crippen LogP contribution in [0.3, 0.4) is 0 Å². The lowest BCUT2D eigenvalue weighted by molar-refractivity contribution is -0.118. The van der Waals surface area contributed by atoms with Crippen molar-refractivity contribution in [2.75, 3.05) is 12.3 Å². The molecule has 0 aliphatic heterocycles. The second-order valence-corrected chi connectivity index (χ2v) is 7.67. The molecule has 0 saturated heterocycles. The van der Waals surface area contributed by atoms with Crippen LogP contribution in [0.5, 0.6) is 0 Å². The van der Waals surface area contributed by atoms with Gasteiger partial charge in [0.15, 0.2) is 10.9 Å². The number of aromatic nitrogens is 3. The minimum Gasteiger partial charge on any atom is -0.461 e. The van der Waals surface area contributed by atoms with Crippen LogP contribution >= 0.6 is 11.8 Å². The Bertz CT molecular complexity index is 1060. The fourth-order valence-electron chi connectivity index (χ4n) is 3.06. The number of amides is 1. The number of carbonyl (C=O) groups excluding carboxylic acids is 1. The van der Waals surface area contributed by atoms with E-state index >= 15 is 0 Å². The van der Waals surface area contributed by atoms with E-state index in [9.17, 15) is 4.79 Å². The first-order valence-electron chi connectivity index (χ1n) is 9.74. The summed E-state index contributed by atoms with van der Waals surface area (Å²) in [5.74, 6) is 1.55. The highest BCUT2D eigenvalue weighted by Crippen LogP contribution is 2.25. The van der Waals surface area contributed by atoms with E-state index in [2.05, 4.69) is 39.8 Å². The highest BCUT2D eigenvalue weighted by molar-refractivity contribution is 7.99. The van der Waals surface area contributed by atoms with Crippen LogP contribution in [-0.2, 0) is 17.8 Å². The zero-order chi connectivity index (χ0) is 20.6. The third-order valence-corrected chi connectivity index (χ3v) is 5.52. The van der Waals surface area contributed by atoms with Crippen molar-refractivity contribution in [3.63, 3.8) is 0 Å². The van der Waals surface area contributed by atoms with Gasteiger partial charge in [0, 0.05) is 6.54 Å². The van der Waals surface area contributed by atoms with Crippen molar-refractivity contribution in [3.8, 4) is 11.6 Å². The highest BCUT2D eigenvalue weighted by atomic mass is 32.2. The monoisotopic (exact) mass is 418 g/mol. The number of furan rings is 1. The maximum Gasteiger partial charge on any atom is 0.230 e. The maximum absolute atomic E-state index is 12.3. The fraction of sp³-hybridized carbons (Fsp3) is 0.174. The molecule has 2 aromatic heterocycles. The summed E-state index contributed by atoms with van der Waals surface area (Å²) in [5.41, 5.74) is 2.33. The summed E-state index contributed by atoms with van der Waals surface area (Å²) in [5, 5.41) is 12.3. The minimum atomic E-state index is -0.0234. The van der Waals surface area contributed by atoms with Crippen LogP contribution in [0, 0.1) is 0 Å². The Hall–Kier alpha value is -3.32. The molecule has 152 valence electrons. The number of carbonyl (C=O) groups is 1. The molecule has 0 bridgehead atoms. The third-order valence-electron chi connectivity index (χ3n) is 4.55. The van der Waals surface area contributed by atoms with E-state index in [1.807, 2.05) is 53.1 Å². The lowest BCUT2D eigenvalue weighted by Gasteiger charge is -2.09. The van der Waals surface area contributed by atoms with Crippen LogP contribution in [-0.4, -0.2) is 33.0 Å². The van der Waals surface area contributed by atoms with Gasteiger partial charge in [-0.2, -0.15) is 0 Å². The van der Waals surface area contributed by atoms with Gasteiger partial charge in [0.25, 0.3) is 0 Å². The van der Waals surface area contributed by atoms with E-state index in [1.54, 1.807) is 6.26 Å². The molecule has 0 radical (unpaired) electrons. The van der Waals surface area contributed by atoms with Crippen LogP contribution in [0.15, 0.2) is 88.6 Å². The number of thioether (sulfide) groups is 1. The van der Waals surface area contributed by atoms with E-state index in [1.165, 1.54) is 17.3 Å². The van der Waals surface area contributed by atoms with Gasteiger partial charge in [-0.25, -0.2) is 0 Å². The van der Waals surface area contributed by atoms with Gasteiger partial charge in [-0.15, -0.1) is 10.2 Å². The lowest BCUT2D eigenvalue weighted by atomic mass is 10.1. The van der Waals surface area contributed by atoms with Gasteiger partial charge in [-0.05, 0) is 29.7 Å². The quantitative estimate of drug-likeness (QED) is 0.415. The Labute approximate surface area is 179 Å². The van der Waals surface area contributed by atoms with Gasteiger partial charge in [0.05, 0.1) is 18.6 Å². The molecule has 1 N–H and O–H groups in total. The molecule has 0 spiro atoms. The molecule has 2 aromatic carbocycles. The van der Waals surface area contributed by atoms with Gasteiger partial charge >= 0.3 is 0 Å². The zero-order valence-corrected chi connectivity index (χ0v) is 17.2. The van der Waals surface area contributed by atoms with Gasteiger partial charge in [0.1, 0.15) is 0 Å². The predicted octanol–water partition coefficient (Wildman–Crippen LogP) is 4.04. The van der Waals surface area contributed by atoms with E-state index < -0.39 is 0 Å². The number of benzene rings is 2. The Morgan fingerprint density at radius 3 is 2.37 bits per heavy atom. The van der Waals surface area contributed by atoms with Crippen molar-refractivity contribution in [2.45, 2.75) is 18.1 Å². The molecule has 6 nitrogen and oxygen atoms in total. The normalized spacial score (nSPS) is 10.8. The molecule has 0 fully saturated rings. The standard InChI is InChI=1S/C23H22N4O2S/c28-21(24-14-13-18-8-3-1-4-9-18)17-30-23-26-25-22(20-12-7-15-29-20)27(23)16-19-10-5-2-6-11-19/h1-12,15H,13-14,16-17H2,(H,24,28). The van der Waals surface area contributed by atoms with Crippen molar-refractivity contribution in [1.29, 1.82) is 0 Å². The van der Waals surface area contributed by atoms with Crippen LogP contribution in [0.4, 0.5) is 0 Å². The topological polar surface area (TPSA) is 73.0 Å². The summed E-state index contributed by atoms with van der Waals surface area (Å²) in [6, 6.07) is 23.9. The van der Waals surface area contributed by atoms with E-state index in [4.69, 9.17) is 4.42 Å². The third kappa shape index (κ3) is 5.18. The summed E-state index contributed by atoms with van der Waals surface area (Å²) in [6.07, 6.45) is 2.42. The van der Waals surface area contributed by atoms with Crippen molar-refractivity contribution in [2.24, 2.45) is 0 Å². The molecule has 0 aliphatic carbocycles. The Balaban J connectivity index is 1.40. The fourth-order valence-corrected chi connectivity index (χ4v) is 3.83. The van der Waals surface area contributed by atoms with Crippen molar-refractivity contribution in [1.82, 2.24) is 20.1 Å². The number of rotatable bonds is 9. The number of hydrogen-bond donors (Lipinski definition) is 1. The molecule has 0 saturated carbocycles. The molecule has 30 heavy (non-hydrogen) atoms. The maximum atomic E-state index is 12.3. The zero-order valence-electron chi connectivity index (χ0n) is 16.4. The molecule has 2 heterocycles. The number of hydrogen-bond acceptors (Lipinski definition) is 5. The summed E-state index contributed by atoms with van der Waals surface area (Å²) in [4.78, 5) is 12.3. The van der Waals surface area contributed by atoms with Crippen molar-refractivity contribution >= 4 is 17.7 Å². The molecule has 0 aliphatic rings. The molecule has 4 rings (SSSR count). The number of nitrogens with one attached hydrogen (secondary N) is 1. The average molecular weight is 419 g/mol. The van der Waals surface area contributed by atoms with E-state index in [0.717, 1.165) is 12.0 Å². The smallest absolute Gasteiger partial charge is 0.230 e. The second kappa shape index (κ2) is 9.93. The molecular weight excluding hydrogens is 396 g/mol. The van der Waals surface area contributed by atoms with Gasteiger partial charge in [0.2, 0.25) is 11.7 Å². The average Bonchev–Trinajstić information content (AvgIpc) is 3.44. The van der Waals surface area contributed by atoms with Crippen molar-refractivity contribution in [3.05, 3.63) is 90.2 Å². The molecule has 0 atom stereocenters. The number of nitrogens with zero attached hydrogens (tertiary/aromatic N) is 3. The first-order chi connectivity index (χ1) is 14.8. The van der Waals surface area contributed by atoms with Crippen LogP contribution in [0.2, 0.25) is 0 Å².